The van der Waals surface area contributed by atoms with Crippen LogP contribution in [0.15, 0.2) is 30.3 Å². The first kappa shape index (κ1) is 10.7. The number of aliphatic hydroxyl groups excluding tert-OH is 1. The molecule has 82 valence electrons. The van der Waals surface area contributed by atoms with E-state index in [-0.39, 0.29) is 0 Å². The molecule has 1 aromatic carbocycles. The Labute approximate surface area is 91.7 Å². The van der Waals surface area contributed by atoms with E-state index in [0.29, 0.717) is 12.6 Å². The van der Waals surface area contributed by atoms with Gasteiger partial charge in [0, 0.05) is 18.4 Å². The molecule has 0 radical (unpaired) electrons. The van der Waals surface area contributed by atoms with Crippen LogP contribution in [0, 0.1) is 0 Å². The van der Waals surface area contributed by atoms with Crippen molar-refractivity contribution in [3.63, 3.8) is 0 Å². The molecule has 0 saturated carbocycles. The lowest BCUT2D eigenvalue weighted by Crippen LogP contribution is -2.48. The zero-order valence-electron chi connectivity index (χ0n) is 9.39. The third-order valence-electron chi connectivity index (χ3n) is 3.69. The molecule has 1 aromatic rings. The molecule has 2 unspecified atom stereocenters. The largest absolute Gasteiger partial charge is 0.390 e. The van der Waals surface area contributed by atoms with E-state index in [0.717, 1.165) is 11.0 Å². The van der Waals surface area contributed by atoms with E-state index in [2.05, 4.69) is 37.4 Å². The van der Waals surface area contributed by atoms with Gasteiger partial charge in [-0.25, -0.2) is 0 Å². The number of nitrogens with zero attached hydrogens (tertiary/aromatic N) is 1. The first-order valence-electron chi connectivity index (χ1n) is 5.73. The van der Waals surface area contributed by atoms with Gasteiger partial charge in [-0.3, -0.25) is 0 Å². The van der Waals surface area contributed by atoms with E-state index in [4.69, 9.17) is 0 Å². The Morgan fingerprint density at radius 2 is 2.07 bits per heavy atom. The number of hydrogen-bond acceptors (Lipinski definition) is 1. The van der Waals surface area contributed by atoms with Crippen LogP contribution in [0.4, 0.5) is 0 Å². The monoisotopic (exact) mass is 206 g/mol. The number of hydrogen-bond donors (Lipinski definition) is 1. The molecule has 1 fully saturated rings. The van der Waals surface area contributed by atoms with Crippen LogP contribution in [0.2, 0.25) is 0 Å². The van der Waals surface area contributed by atoms with Crippen LogP contribution in [0.25, 0.3) is 0 Å². The van der Waals surface area contributed by atoms with Crippen molar-refractivity contribution in [2.75, 3.05) is 20.2 Å². The summed E-state index contributed by atoms with van der Waals surface area (Å²) in [4.78, 5) is 0. The number of rotatable bonds is 3. The minimum Gasteiger partial charge on any atom is -0.390 e. The average Bonchev–Trinajstić information content (AvgIpc) is 2.60. The molecule has 0 bridgehead atoms. The number of quaternary nitrogens is 1. The summed E-state index contributed by atoms with van der Waals surface area (Å²) < 4.78 is 1.00. The predicted octanol–water partition coefficient (Wildman–Crippen LogP) is 1.79. The fraction of sp³-hybridized carbons (Fsp3) is 0.538. The summed E-state index contributed by atoms with van der Waals surface area (Å²) in [5.74, 6) is 0. The van der Waals surface area contributed by atoms with Crippen molar-refractivity contribution in [2.45, 2.75) is 25.4 Å². The molecule has 1 N–H and O–H groups in total. The Morgan fingerprint density at radius 1 is 1.33 bits per heavy atom. The smallest absolute Gasteiger partial charge is 0.113 e. The molecule has 0 aromatic heterocycles. The minimum absolute atomic E-state index is 0.323. The van der Waals surface area contributed by atoms with Gasteiger partial charge < -0.3 is 9.59 Å². The van der Waals surface area contributed by atoms with E-state index in [1.54, 1.807) is 0 Å². The van der Waals surface area contributed by atoms with Crippen LogP contribution >= 0.6 is 0 Å². The van der Waals surface area contributed by atoms with Crippen LogP contribution in [0.5, 0.6) is 0 Å². The van der Waals surface area contributed by atoms with Crippen molar-refractivity contribution in [1.29, 1.82) is 0 Å². The zero-order chi connectivity index (χ0) is 10.7. The quantitative estimate of drug-likeness (QED) is 0.748. The van der Waals surface area contributed by atoms with Crippen molar-refractivity contribution < 1.29 is 9.59 Å². The standard InChI is InChI=1S/C13H20NO/c1-14(9-5-8-13(14)11-15)10-12-6-3-2-4-7-12/h2-4,6-7,13,15H,5,8-11H2,1H3/q+1. The van der Waals surface area contributed by atoms with Crippen molar-refractivity contribution in [3.05, 3.63) is 35.9 Å². The van der Waals surface area contributed by atoms with E-state index in [1.807, 2.05) is 0 Å². The maximum Gasteiger partial charge on any atom is 0.113 e. The van der Waals surface area contributed by atoms with Crippen molar-refractivity contribution in [3.8, 4) is 0 Å². The molecule has 1 heterocycles. The molecular formula is C13H20NO+. The maximum absolute atomic E-state index is 9.36. The van der Waals surface area contributed by atoms with E-state index in [1.165, 1.54) is 24.9 Å². The van der Waals surface area contributed by atoms with Crippen LogP contribution < -0.4 is 0 Å². The second-order valence-electron chi connectivity index (χ2n) is 4.83. The van der Waals surface area contributed by atoms with Crippen LogP contribution in [-0.4, -0.2) is 35.8 Å². The lowest BCUT2D eigenvalue weighted by atomic mass is 10.1. The highest BCUT2D eigenvalue weighted by Gasteiger charge is 2.37. The Balaban J connectivity index is 2.10. The Morgan fingerprint density at radius 3 is 2.73 bits per heavy atom. The molecular weight excluding hydrogens is 186 g/mol. The number of aliphatic hydroxyl groups is 1. The number of likely N-dealkylation sites (N-methyl/N-ethyl adjacent to an activating group) is 1. The lowest BCUT2D eigenvalue weighted by Gasteiger charge is -2.35. The van der Waals surface area contributed by atoms with Gasteiger partial charge in [-0.15, -0.1) is 0 Å². The highest BCUT2D eigenvalue weighted by molar-refractivity contribution is 5.13. The molecule has 2 atom stereocenters. The topological polar surface area (TPSA) is 20.2 Å². The Bertz CT molecular complexity index is 312. The third-order valence-corrected chi connectivity index (χ3v) is 3.69. The Hall–Kier alpha value is -0.860. The lowest BCUT2D eigenvalue weighted by molar-refractivity contribution is -0.934. The zero-order valence-corrected chi connectivity index (χ0v) is 9.39. The minimum atomic E-state index is 0.323. The van der Waals surface area contributed by atoms with Gasteiger partial charge in [0.2, 0.25) is 0 Å². The molecule has 2 nitrogen and oxygen atoms in total. The first-order chi connectivity index (χ1) is 7.24. The summed E-state index contributed by atoms with van der Waals surface area (Å²) in [5.41, 5.74) is 1.38. The molecule has 1 aliphatic rings. The molecule has 2 rings (SSSR count). The second kappa shape index (κ2) is 4.33. The summed E-state index contributed by atoms with van der Waals surface area (Å²) in [6, 6.07) is 11.0. The number of likely N-dealkylation sites (tertiary alicyclic amines) is 1. The van der Waals surface area contributed by atoms with Crippen LogP contribution in [-0.2, 0) is 6.54 Å². The van der Waals surface area contributed by atoms with Gasteiger partial charge in [0.15, 0.2) is 0 Å². The van der Waals surface area contributed by atoms with Gasteiger partial charge in [0.25, 0.3) is 0 Å². The fourth-order valence-electron chi connectivity index (χ4n) is 2.68. The van der Waals surface area contributed by atoms with Gasteiger partial charge in [-0.05, 0) is 0 Å². The van der Waals surface area contributed by atoms with Gasteiger partial charge in [0.1, 0.15) is 12.6 Å². The SMILES string of the molecule is C[N+]1(Cc2ccccc2)CCCC1CO. The number of benzene rings is 1. The molecule has 15 heavy (non-hydrogen) atoms. The van der Waals surface area contributed by atoms with Crippen molar-refractivity contribution in [2.24, 2.45) is 0 Å². The summed E-state index contributed by atoms with van der Waals surface area (Å²) in [5, 5.41) is 9.36. The molecule has 0 aliphatic carbocycles. The molecule has 1 aliphatic heterocycles. The Kier molecular flexibility index (Phi) is 3.08. The van der Waals surface area contributed by atoms with Gasteiger partial charge >= 0.3 is 0 Å². The van der Waals surface area contributed by atoms with Gasteiger partial charge in [0.05, 0.1) is 20.2 Å². The van der Waals surface area contributed by atoms with Gasteiger partial charge in [-0.1, -0.05) is 30.3 Å². The van der Waals surface area contributed by atoms with E-state index >= 15 is 0 Å². The molecule has 0 amide bonds. The summed E-state index contributed by atoms with van der Waals surface area (Å²) in [7, 11) is 2.26. The molecule has 0 spiro atoms. The predicted molar refractivity (Wildman–Crippen MR) is 61.3 cm³/mol. The summed E-state index contributed by atoms with van der Waals surface area (Å²) >= 11 is 0. The normalized spacial score (nSPS) is 30.7. The third kappa shape index (κ3) is 2.21. The summed E-state index contributed by atoms with van der Waals surface area (Å²) in [6.07, 6.45) is 2.41. The molecule has 2 heteroatoms. The van der Waals surface area contributed by atoms with E-state index in [9.17, 15) is 5.11 Å². The average molecular weight is 206 g/mol. The highest BCUT2D eigenvalue weighted by Crippen LogP contribution is 2.27. The van der Waals surface area contributed by atoms with Crippen LogP contribution in [0.3, 0.4) is 0 Å². The summed E-state index contributed by atoms with van der Waals surface area (Å²) in [6.45, 7) is 2.57. The second-order valence-corrected chi connectivity index (χ2v) is 4.83. The van der Waals surface area contributed by atoms with Gasteiger partial charge in [-0.2, -0.15) is 0 Å². The maximum atomic E-state index is 9.36. The highest BCUT2D eigenvalue weighted by atomic mass is 16.3. The molecule has 1 saturated heterocycles. The van der Waals surface area contributed by atoms with Crippen molar-refractivity contribution in [1.82, 2.24) is 0 Å². The van der Waals surface area contributed by atoms with E-state index < -0.39 is 0 Å². The van der Waals surface area contributed by atoms with Crippen LogP contribution in [0.1, 0.15) is 18.4 Å². The first-order valence-corrected chi connectivity index (χ1v) is 5.73. The van der Waals surface area contributed by atoms with Crippen molar-refractivity contribution >= 4 is 0 Å². The fourth-order valence-corrected chi connectivity index (χ4v) is 2.68.